The number of rotatable bonds is 3. The van der Waals surface area contributed by atoms with E-state index in [4.69, 9.17) is 19.9 Å². The summed E-state index contributed by atoms with van der Waals surface area (Å²) < 4.78 is 9.41. The molecule has 0 aromatic carbocycles. The van der Waals surface area contributed by atoms with Crippen LogP contribution in [0.1, 0.15) is 54.9 Å². The monoisotopic (exact) mass is 380 g/mol. The zero-order chi connectivity index (χ0) is 18.5. The quantitative estimate of drug-likeness (QED) is 0.681. The van der Waals surface area contributed by atoms with Gasteiger partial charge in [-0.25, -0.2) is 9.67 Å². The first-order chi connectivity index (χ1) is 13.8. The van der Waals surface area contributed by atoms with Crippen molar-refractivity contribution in [2.45, 2.75) is 50.5 Å². The summed E-state index contributed by atoms with van der Waals surface area (Å²) in [4.78, 5) is 7.29. The van der Waals surface area contributed by atoms with Gasteiger partial charge in [0.05, 0.1) is 17.9 Å². The predicted molar refractivity (Wildman–Crippen MR) is 101 cm³/mol. The Bertz CT molecular complexity index is 975. The highest BCUT2D eigenvalue weighted by molar-refractivity contribution is 5.68. The molecule has 0 amide bonds. The second kappa shape index (κ2) is 6.51. The second-order valence-electron chi connectivity index (χ2n) is 8.06. The van der Waals surface area contributed by atoms with E-state index in [-0.39, 0.29) is 0 Å². The zero-order valence-electron chi connectivity index (χ0n) is 15.9. The lowest BCUT2D eigenvalue weighted by molar-refractivity contribution is 0.0835. The average Bonchev–Trinajstić information content (AvgIpc) is 3.40. The minimum Gasteiger partial charge on any atom is -0.381 e. The van der Waals surface area contributed by atoms with E-state index in [0.29, 0.717) is 11.8 Å². The lowest BCUT2D eigenvalue weighted by Gasteiger charge is -2.23. The molecular formula is C19H24N8O. The van der Waals surface area contributed by atoms with E-state index >= 15 is 0 Å². The van der Waals surface area contributed by atoms with Gasteiger partial charge in [0.2, 0.25) is 5.65 Å². The van der Waals surface area contributed by atoms with Gasteiger partial charge in [0, 0.05) is 44.6 Å². The minimum absolute atomic E-state index is 0.446. The summed E-state index contributed by atoms with van der Waals surface area (Å²) in [6, 6.07) is 2.22. The molecule has 9 nitrogen and oxygen atoms in total. The molecule has 1 saturated carbocycles. The van der Waals surface area contributed by atoms with Crippen LogP contribution in [0.2, 0.25) is 0 Å². The fraction of sp³-hybridized carbons (Fsp3) is 0.632. The third-order valence-corrected chi connectivity index (χ3v) is 6.14. The Balaban J connectivity index is 1.26. The number of anilines is 1. The lowest BCUT2D eigenvalue weighted by Crippen LogP contribution is -2.28. The highest BCUT2D eigenvalue weighted by Crippen LogP contribution is 2.40. The van der Waals surface area contributed by atoms with Crippen molar-refractivity contribution in [2.75, 3.05) is 31.2 Å². The van der Waals surface area contributed by atoms with Crippen molar-refractivity contribution in [1.82, 2.24) is 34.6 Å². The average molecular weight is 380 g/mol. The molecule has 1 aliphatic carbocycles. The molecule has 2 aliphatic heterocycles. The summed E-state index contributed by atoms with van der Waals surface area (Å²) >= 11 is 0. The topological polar surface area (TPSA) is 86.3 Å². The van der Waals surface area contributed by atoms with Gasteiger partial charge in [-0.15, -0.1) is 10.2 Å². The molecule has 0 N–H and O–H groups in total. The molecule has 28 heavy (non-hydrogen) atoms. The standard InChI is InChI=1S/C19H24N8O/c1-2-13(1)15-11-16(19-22-20-12-27(19)23-15)25-6-3-17-21-18(24-26(17)8-7-25)14-4-9-28-10-5-14/h11-14H,1-10H2. The molecule has 0 bridgehead atoms. The molecule has 2 fully saturated rings. The summed E-state index contributed by atoms with van der Waals surface area (Å²) in [5.41, 5.74) is 3.12. The fourth-order valence-electron chi connectivity index (χ4n) is 4.33. The summed E-state index contributed by atoms with van der Waals surface area (Å²) in [6.45, 7) is 4.28. The molecule has 9 heteroatoms. The van der Waals surface area contributed by atoms with Crippen LogP contribution in [-0.2, 0) is 17.7 Å². The molecule has 0 radical (unpaired) electrons. The second-order valence-corrected chi connectivity index (χ2v) is 8.06. The first kappa shape index (κ1) is 16.4. The highest BCUT2D eigenvalue weighted by Gasteiger charge is 2.29. The number of hydrogen-bond acceptors (Lipinski definition) is 7. The summed E-state index contributed by atoms with van der Waals surface area (Å²) in [7, 11) is 0. The summed E-state index contributed by atoms with van der Waals surface area (Å²) in [5.74, 6) is 3.14. The molecule has 3 aromatic heterocycles. The van der Waals surface area contributed by atoms with Gasteiger partial charge in [0.1, 0.15) is 12.2 Å². The van der Waals surface area contributed by atoms with Gasteiger partial charge in [0.25, 0.3) is 0 Å². The Hall–Kier alpha value is -2.55. The van der Waals surface area contributed by atoms with Crippen LogP contribution in [0.5, 0.6) is 0 Å². The number of aromatic nitrogens is 7. The summed E-state index contributed by atoms with van der Waals surface area (Å²) in [6.07, 6.45) is 7.11. The molecule has 146 valence electrons. The van der Waals surface area contributed by atoms with Gasteiger partial charge in [-0.2, -0.15) is 14.7 Å². The van der Waals surface area contributed by atoms with E-state index in [9.17, 15) is 0 Å². The number of hydrogen-bond donors (Lipinski definition) is 0. The molecule has 3 aliphatic rings. The van der Waals surface area contributed by atoms with Crippen molar-refractivity contribution >= 4 is 11.3 Å². The van der Waals surface area contributed by atoms with E-state index in [1.54, 1.807) is 6.33 Å². The Morgan fingerprint density at radius 2 is 1.86 bits per heavy atom. The SMILES string of the molecule is c1c(C2CC2)nn2cnnc2c1N1CCc2nc(C3CCOCC3)nn2CC1. The van der Waals surface area contributed by atoms with Crippen molar-refractivity contribution in [3.05, 3.63) is 29.7 Å². The van der Waals surface area contributed by atoms with Crippen molar-refractivity contribution in [3.8, 4) is 0 Å². The van der Waals surface area contributed by atoms with Crippen LogP contribution in [0.4, 0.5) is 5.69 Å². The minimum atomic E-state index is 0.446. The maximum Gasteiger partial charge on any atom is 0.200 e. The van der Waals surface area contributed by atoms with Crippen LogP contribution in [0.25, 0.3) is 5.65 Å². The van der Waals surface area contributed by atoms with Crippen LogP contribution in [0.3, 0.4) is 0 Å². The Morgan fingerprint density at radius 1 is 0.964 bits per heavy atom. The van der Waals surface area contributed by atoms with Gasteiger partial charge in [-0.1, -0.05) is 0 Å². The zero-order valence-corrected chi connectivity index (χ0v) is 15.9. The van der Waals surface area contributed by atoms with E-state index in [1.165, 1.54) is 12.8 Å². The molecule has 6 rings (SSSR count). The van der Waals surface area contributed by atoms with E-state index in [1.807, 2.05) is 4.52 Å². The van der Waals surface area contributed by atoms with Gasteiger partial charge in [0.15, 0.2) is 5.82 Å². The Morgan fingerprint density at radius 3 is 2.71 bits per heavy atom. The molecule has 1 saturated heterocycles. The largest absolute Gasteiger partial charge is 0.381 e. The normalized spacial score (nSPS) is 21.1. The van der Waals surface area contributed by atoms with E-state index in [2.05, 4.69) is 25.8 Å². The van der Waals surface area contributed by atoms with Crippen molar-refractivity contribution in [3.63, 3.8) is 0 Å². The molecule has 0 atom stereocenters. The number of fused-ring (bicyclic) bond motifs is 2. The third kappa shape index (κ3) is 2.85. The predicted octanol–water partition coefficient (Wildman–Crippen LogP) is 1.55. The van der Waals surface area contributed by atoms with Gasteiger partial charge < -0.3 is 9.64 Å². The fourth-order valence-corrected chi connectivity index (χ4v) is 4.33. The number of ether oxygens (including phenoxy) is 1. The smallest absolute Gasteiger partial charge is 0.200 e. The van der Waals surface area contributed by atoms with Crippen molar-refractivity contribution in [1.29, 1.82) is 0 Å². The molecular weight excluding hydrogens is 356 g/mol. The maximum absolute atomic E-state index is 5.48. The van der Waals surface area contributed by atoms with Crippen LogP contribution < -0.4 is 4.90 Å². The maximum atomic E-state index is 5.48. The van der Waals surface area contributed by atoms with Crippen LogP contribution in [-0.4, -0.2) is 60.9 Å². The first-order valence-electron chi connectivity index (χ1n) is 10.3. The van der Waals surface area contributed by atoms with Gasteiger partial charge in [-0.3, -0.25) is 0 Å². The molecule has 5 heterocycles. The van der Waals surface area contributed by atoms with Crippen LogP contribution in [0, 0.1) is 0 Å². The van der Waals surface area contributed by atoms with Crippen LogP contribution in [0.15, 0.2) is 12.4 Å². The summed E-state index contributed by atoms with van der Waals surface area (Å²) in [5, 5.41) is 17.9. The molecule has 0 unspecified atom stereocenters. The third-order valence-electron chi connectivity index (χ3n) is 6.14. The van der Waals surface area contributed by atoms with E-state index < -0.39 is 0 Å². The Kier molecular flexibility index (Phi) is 3.81. The van der Waals surface area contributed by atoms with E-state index in [0.717, 1.165) is 80.8 Å². The molecule has 3 aromatic rings. The van der Waals surface area contributed by atoms with Gasteiger partial charge in [-0.05, 0) is 31.7 Å². The lowest BCUT2D eigenvalue weighted by atomic mass is 10.00. The molecule has 0 spiro atoms. The highest BCUT2D eigenvalue weighted by atomic mass is 16.5. The van der Waals surface area contributed by atoms with Crippen molar-refractivity contribution < 1.29 is 4.74 Å². The number of nitrogens with zero attached hydrogens (tertiary/aromatic N) is 8. The van der Waals surface area contributed by atoms with Crippen LogP contribution >= 0.6 is 0 Å². The Labute approximate surface area is 162 Å². The first-order valence-corrected chi connectivity index (χ1v) is 10.3. The van der Waals surface area contributed by atoms with Crippen molar-refractivity contribution in [2.24, 2.45) is 0 Å². The van der Waals surface area contributed by atoms with Gasteiger partial charge >= 0.3 is 0 Å².